The number of carbonyl (C=O) groups is 1. The maximum atomic E-state index is 13.0. The van der Waals surface area contributed by atoms with Crippen LogP contribution in [0.2, 0.25) is 0 Å². The van der Waals surface area contributed by atoms with Crippen molar-refractivity contribution in [3.8, 4) is 5.69 Å². The minimum atomic E-state index is -4.93. The summed E-state index contributed by atoms with van der Waals surface area (Å²) in [5.41, 5.74) is 2.92. The van der Waals surface area contributed by atoms with Crippen molar-refractivity contribution in [2.75, 3.05) is 12.8 Å². The topological polar surface area (TPSA) is 113 Å². The molecule has 0 aliphatic carbocycles. The molecular formula is C12H9F3N4O4. The molecule has 0 saturated heterocycles. The van der Waals surface area contributed by atoms with Crippen LogP contribution in [0.25, 0.3) is 5.69 Å². The Labute approximate surface area is 126 Å². The summed E-state index contributed by atoms with van der Waals surface area (Å²) in [5, 5.41) is 13.9. The van der Waals surface area contributed by atoms with Crippen molar-refractivity contribution in [1.82, 2.24) is 9.78 Å². The number of nitrogens with two attached hydrogens (primary N) is 1. The number of nitro benzene ring substituents is 1. The van der Waals surface area contributed by atoms with E-state index in [0.29, 0.717) is 4.68 Å². The fourth-order valence-electron chi connectivity index (χ4n) is 1.85. The maximum absolute atomic E-state index is 13.0. The molecular weight excluding hydrogens is 321 g/mol. The van der Waals surface area contributed by atoms with Gasteiger partial charge < -0.3 is 10.5 Å². The molecule has 122 valence electrons. The molecule has 0 amide bonds. The molecule has 11 heteroatoms. The van der Waals surface area contributed by atoms with Gasteiger partial charge in [0, 0.05) is 12.1 Å². The van der Waals surface area contributed by atoms with Crippen molar-refractivity contribution in [1.29, 1.82) is 0 Å². The summed E-state index contributed by atoms with van der Waals surface area (Å²) in [6, 6.07) is 4.45. The van der Waals surface area contributed by atoms with Crippen LogP contribution in [0.15, 0.2) is 24.3 Å². The number of aromatic nitrogens is 2. The molecule has 0 fully saturated rings. The van der Waals surface area contributed by atoms with Crippen molar-refractivity contribution in [2.45, 2.75) is 6.18 Å². The average Bonchev–Trinajstić information content (AvgIpc) is 2.84. The van der Waals surface area contributed by atoms with Crippen LogP contribution in [0.3, 0.4) is 0 Å². The van der Waals surface area contributed by atoms with Crippen LogP contribution < -0.4 is 5.73 Å². The van der Waals surface area contributed by atoms with Crippen molar-refractivity contribution in [2.24, 2.45) is 0 Å². The predicted molar refractivity (Wildman–Crippen MR) is 71.0 cm³/mol. The molecule has 0 radical (unpaired) electrons. The highest BCUT2D eigenvalue weighted by Gasteiger charge is 2.41. The van der Waals surface area contributed by atoms with Gasteiger partial charge in [0.15, 0.2) is 5.69 Å². The zero-order chi connectivity index (χ0) is 17.4. The lowest BCUT2D eigenvalue weighted by molar-refractivity contribution is -0.384. The quantitative estimate of drug-likeness (QED) is 0.524. The van der Waals surface area contributed by atoms with Gasteiger partial charge in [-0.3, -0.25) is 10.1 Å². The highest BCUT2D eigenvalue weighted by atomic mass is 19.4. The summed E-state index contributed by atoms with van der Waals surface area (Å²) in [4.78, 5) is 21.5. The highest BCUT2D eigenvalue weighted by Crippen LogP contribution is 2.35. The number of halogens is 3. The first-order valence-electron chi connectivity index (χ1n) is 5.95. The molecule has 23 heavy (non-hydrogen) atoms. The average molecular weight is 330 g/mol. The van der Waals surface area contributed by atoms with Crippen LogP contribution in [0.1, 0.15) is 16.1 Å². The molecule has 0 bridgehead atoms. The maximum Gasteiger partial charge on any atom is 0.436 e. The molecule has 0 aliphatic heterocycles. The van der Waals surface area contributed by atoms with E-state index in [0.717, 1.165) is 31.4 Å². The van der Waals surface area contributed by atoms with Crippen molar-refractivity contribution >= 4 is 17.5 Å². The second-order valence-corrected chi connectivity index (χ2v) is 4.28. The SMILES string of the molecule is COC(=O)c1c(C(F)(F)F)nn(-c2ccc([N+](=O)[O-])cc2)c1N. The van der Waals surface area contributed by atoms with Gasteiger partial charge in [-0.05, 0) is 12.1 Å². The fraction of sp³-hybridized carbons (Fsp3) is 0.167. The first-order valence-corrected chi connectivity index (χ1v) is 5.95. The normalized spacial score (nSPS) is 11.3. The zero-order valence-electron chi connectivity index (χ0n) is 11.5. The Morgan fingerprint density at radius 1 is 1.35 bits per heavy atom. The first kappa shape index (κ1) is 16.3. The van der Waals surface area contributed by atoms with Crippen LogP contribution in [0.5, 0.6) is 0 Å². The number of alkyl halides is 3. The van der Waals surface area contributed by atoms with E-state index in [-0.39, 0.29) is 11.4 Å². The molecule has 2 aromatic rings. The summed E-state index contributed by atoms with van der Waals surface area (Å²) in [6.07, 6.45) is -4.93. The van der Waals surface area contributed by atoms with Gasteiger partial charge in [0.2, 0.25) is 0 Å². The Kier molecular flexibility index (Phi) is 3.95. The van der Waals surface area contributed by atoms with E-state index in [1.165, 1.54) is 0 Å². The molecule has 8 nitrogen and oxygen atoms in total. The van der Waals surface area contributed by atoms with Gasteiger partial charge in [-0.15, -0.1) is 0 Å². The Morgan fingerprint density at radius 3 is 2.35 bits per heavy atom. The Bertz CT molecular complexity index is 768. The second kappa shape index (κ2) is 5.59. The van der Waals surface area contributed by atoms with Crippen molar-refractivity contribution in [3.05, 3.63) is 45.6 Å². The highest BCUT2D eigenvalue weighted by molar-refractivity contribution is 5.96. The molecule has 1 aromatic carbocycles. The third-order valence-electron chi connectivity index (χ3n) is 2.88. The molecule has 1 aromatic heterocycles. The molecule has 0 unspecified atom stereocenters. The largest absolute Gasteiger partial charge is 0.465 e. The van der Waals surface area contributed by atoms with E-state index in [1.54, 1.807) is 0 Å². The lowest BCUT2D eigenvalue weighted by Crippen LogP contribution is -2.14. The number of methoxy groups -OCH3 is 1. The van der Waals surface area contributed by atoms with Crippen LogP contribution in [-0.4, -0.2) is 27.8 Å². The number of carbonyl (C=O) groups excluding carboxylic acids is 1. The number of non-ortho nitro benzene ring substituents is 1. The third kappa shape index (κ3) is 2.93. The number of hydrogen-bond donors (Lipinski definition) is 1. The van der Waals surface area contributed by atoms with Gasteiger partial charge in [-0.2, -0.15) is 18.3 Å². The van der Waals surface area contributed by atoms with Gasteiger partial charge in [-0.25, -0.2) is 9.48 Å². The van der Waals surface area contributed by atoms with E-state index in [2.05, 4.69) is 9.84 Å². The van der Waals surface area contributed by atoms with Gasteiger partial charge in [-0.1, -0.05) is 0 Å². The van der Waals surface area contributed by atoms with E-state index in [1.807, 2.05) is 0 Å². The number of nitrogen functional groups attached to an aromatic ring is 1. The Morgan fingerprint density at radius 2 is 1.91 bits per heavy atom. The molecule has 0 aliphatic rings. The molecule has 2 rings (SSSR count). The molecule has 0 atom stereocenters. The Hall–Kier alpha value is -3.11. The van der Waals surface area contributed by atoms with Crippen LogP contribution in [0, 0.1) is 10.1 Å². The minimum absolute atomic E-state index is 0.0220. The number of nitro groups is 1. The monoisotopic (exact) mass is 330 g/mol. The first-order chi connectivity index (χ1) is 10.7. The second-order valence-electron chi connectivity index (χ2n) is 4.28. The summed E-state index contributed by atoms with van der Waals surface area (Å²) < 4.78 is 43.9. The standard InChI is InChI=1S/C12H9F3N4O4/c1-23-11(20)8-9(12(13,14)15)17-18(10(8)16)6-2-4-7(5-3-6)19(21)22/h2-5H,16H2,1H3. The number of anilines is 1. The summed E-state index contributed by atoms with van der Waals surface area (Å²) in [5.74, 6) is -1.87. The molecule has 0 spiro atoms. The van der Waals surface area contributed by atoms with Crippen LogP contribution in [0.4, 0.5) is 24.7 Å². The summed E-state index contributed by atoms with van der Waals surface area (Å²) >= 11 is 0. The van der Waals surface area contributed by atoms with Crippen molar-refractivity contribution < 1.29 is 27.6 Å². The number of ether oxygens (including phenoxy) is 1. The number of benzene rings is 1. The summed E-state index contributed by atoms with van der Waals surface area (Å²) in [6.45, 7) is 0. The van der Waals surface area contributed by atoms with Crippen LogP contribution in [-0.2, 0) is 10.9 Å². The van der Waals surface area contributed by atoms with Crippen molar-refractivity contribution in [3.63, 3.8) is 0 Å². The van der Waals surface area contributed by atoms with Gasteiger partial charge in [0.1, 0.15) is 11.4 Å². The number of esters is 1. The van der Waals surface area contributed by atoms with Gasteiger partial charge in [0.05, 0.1) is 17.7 Å². The minimum Gasteiger partial charge on any atom is -0.465 e. The summed E-state index contributed by atoms with van der Waals surface area (Å²) in [7, 11) is 0.908. The zero-order valence-corrected chi connectivity index (χ0v) is 11.5. The lowest BCUT2D eigenvalue weighted by atomic mass is 10.2. The van der Waals surface area contributed by atoms with Gasteiger partial charge >= 0.3 is 12.1 Å². The van der Waals surface area contributed by atoms with Crippen LogP contribution >= 0.6 is 0 Å². The van der Waals surface area contributed by atoms with E-state index < -0.39 is 34.1 Å². The smallest absolute Gasteiger partial charge is 0.436 e. The lowest BCUT2D eigenvalue weighted by Gasteiger charge is -2.04. The van der Waals surface area contributed by atoms with Gasteiger partial charge in [0.25, 0.3) is 5.69 Å². The predicted octanol–water partition coefficient (Wildman–Crippen LogP) is 2.17. The molecule has 1 heterocycles. The Balaban J connectivity index is 2.62. The van der Waals surface area contributed by atoms with E-state index >= 15 is 0 Å². The number of hydrogen-bond acceptors (Lipinski definition) is 6. The van der Waals surface area contributed by atoms with E-state index in [4.69, 9.17) is 5.73 Å². The number of rotatable bonds is 3. The third-order valence-corrected chi connectivity index (χ3v) is 2.88. The fourth-order valence-corrected chi connectivity index (χ4v) is 1.85. The number of nitrogens with zero attached hydrogens (tertiary/aromatic N) is 3. The molecule has 0 saturated carbocycles. The van der Waals surface area contributed by atoms with E-state index in [9.17, 15) is 28.1 Å². The molecule has 2 N–H and O–H groups in total.